The maximum Gasteiger partial charge on any atom is 0.317 e. The molecule has 1 aromatic rings. The van der Waals surface area contributed by atoms with Crippen molar-refractivity contribution >= 4 is 6.03 Å². The predicted molar refractivity (Wildman–Crippen MR) is 83.7 cm³/mol. The summed E-state index contributed by atoms with van der Waals surface area (Å²) in [6.07, 6.45) is 6.34. The molecule has 2 aliphatic rings. The largest absolute Gasteiger partial charge is 0.394 e. The molecule has 2 amide bonds. The normalized spacial score (nSPS) is 20.2. The van der Waals surface area contributed by atoms with Gasteiger partial charge in [-0.15, -0.1) is 0 Å². The molecule has 1 aliphatic carbocycles. The molecule has 0 atom stereocenters. The molecule has 2 fully saturated rings. The summed E-state index contributed by atoms with van der Waals surface area (Å²) >= 11 is 0. The minimum absolute atomic E-state index is 0.0623. The molecule has 6 heteroatoms. The third-order valence-corrected chi connectivity index (χ3v) is 4.63. The van der Waals surface area contributed by atoms with Gasteiger partial charge in [-0.3, -0.25) is 4.68 Å². The van der Waals surface area contributed by atoms with Crippen LogP contribution in [-0.2, 0) is 0 Å². The lowest BCUT2D eigenvalue weighted by atomic mass is 10.0. The molecular formula is C16H26N4O2. The molecule has 0 aromatic carbocycles. The first-order chi connectivity index (χ1) is 10.5. The molecule has 2 N–H and O–H groups in total. The smallest absolute Gasteiger partial charge is 0.317 e. The highest BCUT2D eigenvalue weighted by Crippen LogP contribution is 2.41. The second-order valence-corrected chi connectivity index (χ2v) is 7.17. The standard InChI is InChI=1S/C16H26N4O2/c1-16(2,11-21)18-15(22)19-9-6-13(7-10-19)20-14(5-8-17-20)12-3-4-12/h5,8,12-13,21H,3-4,6-7,9-11H2,1-2H3,(H,18,22). The molecule has 122 valence electrons. The van der Waals surface area contributed by atoms with E-state index in [1.807, 2.05) is 24.9 Å². The van der Waals surface area contributed by atoms with Gasteiger partial charge < -0.3 is 15.3 Å². The zero-order valence-corrected chi connectivity index (χ0v) is 13.5. The lowest BCUT2D eigenvalue weighted by Gasteiger charge is -2.35. The summed E-state index contributed by atoms with van der Waals surface area (Å²) in [7, 11) is 0. The second-order valence-electron chi connectivity index (χ2n) is 7.17. The van der Waals surface area contributed by atoms with E-state index in [4.69, 9.17) is 0 Å². The van der Waals surface area contributed by atoms with Gasteiger partial charge in [0.15, 0.2) is 0 Å². The quantitative estimate of drug-likeness (QED) is 0.892. The van der Waals surface area contributed by atoms with Gasteiger partial charge in [-0.2, -0.15) is 5.10 Å². The van der Waals surface area contributed by atoms with Crippen molar-refractivity contribution in [2.45, 2.75) is 57.0 Å². The zero-order chi connectivity index (χ0) is 15.7. The highest BCUT2D eigenvalue weighted by molar-refractivity contribution is 5.75. The van der Waals surface area contributed by atoms with Crippen LogP contribution in [0.4, 0.5) is 4.79 Å². The van der Waals surface area contributed by atoms with Gasteiger partial charge in [-0.25, -0.2) is 4.79 Å². The number of nitrogens with zero attached hydrogens (tertiary/aromatic N) is 3. The van der Waals surface area contributed by atoms with Crippen molar-refractivity contribution in [2.24, 2.45) is 0 Å². The van der Waals surface area contributed by atoms with Crippen molar-refractivity contribution in [1.29, 1.82) is 0 Å². The van der Waals surface area contributed by atoms with E-state index < -0.39 is 5.54 Å². The van der Waals surface area contributed by atoms with Gasteiger partial charge >= 0.3 is 6.03 Å². The van der Waals surface area contributed by atoms with Crippen LogP contribution in [-0.4, -0.2) is 51.1 Å². The van der Waals surface area contributed by atoms with Crippen LogP contribution in [0, 0.1) is 0 Å². The maximum atomic E-state index is 12.2. The Morgan fingerprint density at radius 3 is 2.64 bits per heavy atom. The van der Waals surface area contributed by atoms with Gasteiger partial charge in [0.1, 0.15) is 0 Å². The number of carbonyl (C=O) groups is 1. The molecular weight excluding hydrogens is 280 g/mol. The fraction of sp³-hybridized carbons (Fsp3) is 0.750. The first kappa shape index (κ1) is 15.3. The topological polar surface area (TPSA) is 70.4 Å². The minimum atomic E-state index is -0.574. The van der Waals surface area contributed by atoms with Crippen molar-refractivity contribution in [3.63, 3.8) is 0 Å². The molecule has 1 aromatic heterocycles. The number of carbonyl (C=O) groups excluding carboxylic acids is 1. The SMILES string of the molecule is CC(C)(CO)NC(=O)N1CCC(n2nccc2C2CC2)CC1. The van der Waals surface area contributed by atoms with Crippen LogP contribution >= 0.6 is 0 Å². The average molecular weight is 306 g/mol. The Bertz CT molecular complexity index is 528. The molecule has 6 nitrogen and oxygen atoms in total. The van der Waals surface area contributed by atoms with E-state index in [1.165, 1.54) is 18.5 Å². The molecule has 2 heterocycles. The van der Waals surface area contributed by atoms with Gasteiger partial charge in [0, 0.05) is 30.9 Å². The molecule has 1 aliphatic heterocycles. The van der Waals surface area contributed by atoms with Crippen LogP contribution in [0.2, 0.25) is 0 Å². The van der Waals surface area contributed by atoms with Crippen molar-refractivity contribution < 1.29 is 9.90 Å². The Morgan fingerprint density at radius 2 is 2.05 bits per heavy atom. The minimum Gasteiger partial charge on any atom is -0.394 e. The van der Waals surface area contributed by atoms with Gasteiger partial charge in [-0.1, -0.05) is 0 Å². The number of amides is 2. The number of urea groups is 1. The lowest BCUT2D eigenvalue weighted by Crippen LogP contribution is -2.53. The molecule has 22 heavy (non-hydrogen) atoms. The summed E-state index contributed by atoms with van der Waals surface area (Å²) in [5.41, 5.74) is 0.791. The fourth-order valence-corrected chi connectivity index (χ4v) is 3.05. The van der Waals surface area contributed by atoms with E-state index >= 15 is 0 Å². The van der Waals surface area contributed by atoms with Gasteiger partial charge in [0.2, 0.25) is 0 Å². The summed E-state index contributed by atoms with van der Waals surface area (Å²) in [4.78, 5) is 14.1. The van der Waals surface area contributed by atoms with Crippen LogP contribution in [0.5, 0.6) is 0 Å². The van der Waals surface area contributed by atoms with E-state index in [2.05, 4.69) is 21.2 Å². The Hall–Kier alpha value is -1.56. The summed E-state index contributed by atoms with van der Waals surface area (Å²) in [5.74, 6) is 0.703. The van der Waals surface area contributed by atoms with Crippen molar-refractivity contribution in [2.75, 3.05) is 19.7 Å². The number of hydrogen-bond donors (Lipinski definition) is 2. The van der Waals surface area contributed by atoms with Crippen molar-refractivity contribution in [3.05, 3.63) is 18.0 Å². The van der Waals surface area contributed by atoms with Crippen molar-refractivity contribution in [3.8, 4) is 0 Å². The summed E-state index contributed by atoms with van der Waals surface area (Å²) in [6.45, 7) is 5.06. The van der Waals surface area contributed by atoms with Crippen LogP contribution in [0.25, 0.3) is 0 Å². The third kappa shape index (κ3) is 3.27. The van der Waals surface area contributed by atoms with Crippen LogP contribution in [0.15, 0.2) is 12.3 Å². The van der Waals surface area contributed by atoms with Crippen LogP contribution in [0.3, 0.4) is 0 Å². The Balaban J connectivity index is 1.56. The second kappa shape index (κ2) is 5.91. The van der Waals surface area contributed by atoms with Crippen LogP contribution in [0.1, 0.15) is 57.2 Å². The van der Waals surface area contributed by atoms with Gasteiger partial charge in [-0.05, 0) is 45.6 Å². The van der Waals surface area contributed by atoms with E-state index in [9.17, 15) is 9.90 Å². The molecule has 0 bridgehead atoms. The van der Waals surface area contributed by atoms with Crippen molar-refractivity contribution in [1.82, 2.24) is 20.0 Å². The first-order valence-electron chi connectivity index (χ1n) is 8.21. The number of aromatic nitrogens is 2. The van der Waals surface area contributed by atoms with Gasteiger partial charge in [0.25, 0.3) is 0 Å². The third-order valence-electron chi connectivity index (χ3n) is 4.63. The lowest BCUT2D eigenvalue weighted by molar-refractivity contribution is 0.142. The molecule has 0 spiro atoms. The number of rotatable bonds is 4. The summed E-state index contributed by atoms with van der Waals surface area (Å²) < 4.78 is 2.19. The number of aliphatic hydroxyl groups excluding tert-OH is 1. The molecule has 0 unspecified atom stereocenters. The van der Waals surface area contributed by atoms with Gasteiger partial charge in [0.05, 0.1) is 18.2 Å². The fourth-order valence-electron chi connectivity index (χ4n) is 3.05. The summed E-state index contributed by atoms with van der Waals surface area (Å²) in [6, 6.07) is 2.46. The van der Waals surface area contributed by atoms with E-state index in [0.29, 0.717) is 12.0 Å². The number of nitrogens with one attached hydrogen (secondary N) is 1. The number of aliphatic hydroxyl groups is 1. The zero-order valence-electron chi connectivity index (χ0n) is 13.5. The van der Waals surface area contributed by atoms with E-state index in [0.717, 1.165) is 25.9 Å². The molecule has 3 rings (SSSR count). The summed E-state index contributed by atoms with van der Waals surface area (Å²) in [5, 5.41) is 16.6. The molecule has 0 radical (unpaired) electrons. The number of piperidine rings is 1. The highest BCUT2D eigenvalue weighted by Gasteiger charge is 2.32. The monoisotopic (exact) mass is 306 g/mol. The average Bonchev–Trinajstić information content (AvgIpc) is 3.24. The predicted octanol–water partition coefficient (Wildman–Crippen LogP) is 1.88. The highest BCUT2D eigenvalue weighted by atomic mass is 16.3. The van der Waals surface area contributed by atoms with E-state index in [-0.39, 0.29) is 12.6 Å². The maximum absolute atomic E-state index is 12.2. The Labute approximate surface area is 131 Å². The van der Waals surface area contributed by atoms with Crippen LogP contribution < -0.4 is 5.32 Å². The molecule has 1 saturated carbocycles. The molecule has 1 saturated heterocycles. The number of hydrogen-bond acceptors (Lipinski definition) is 3. The van der Waals surface area contributed by atoms with E-state index in [1.54, 1.807) is 0 Å². The number of likely N-dealkylation sites (tertiary alicyclic amines) is 1. The Morgan fingerprint density at radius 1 is 1.36 bits per heavy atom. The first-order valence-corrected chi connectivity index (χ1v) is 8.21. The Kier molecular flexibility index (Phi) is 4.12.